The Morgan fingerprint density at radius 3 is 2.60 bits per heavy atom. The summed E-state index contributed by atoms with van der Waals surface area (Å²) in [6, 6.07) is 8.51. The molecule has 1 fully saturated rings. The predicted molar refractivity (Wildman–Crippen MR) is 114 cm³/mol. The molecule has 5 nitrogen and oxygen atoms in total. The van der Waals surface area contributed by atoms with Gasteiger partial charge in [-0.2, -0.15) is 0 Å². The number of hydrogen-bond donors (Lipinski definition) is 2. The molecule has 1 aromatic rings. The number of ether oxygens (including phenoxy) is 2. The van der Waals surface area contributed by atoms with Crippen LogP contribution in [0.1, 0.15) is 37.3 Å². The maximum absolute atomic E-state index is 5.88. The summed E-state index contributed by atoms with van der Waals surface area (Å²) < 4.78 is 11.2. The monoisotopic (exact) mass is 461 g/mol. The van der Waals surface area contributed by atoms with Crippen molar-refractivity contribution >= 4 is 29.9 Å². The smallest absolute Gasteiger partial charge is 0.191 e. The molecule has 6 heteroatoms. The lowest BCUT2D eigenvalue weighted by molar-refractivity contribution is -0.0320. The minimum atomic E-state index is 0. The quantitative estimate of drug-likeness (QED) is 0.270. The van der Waals surface area contributed by atoms with Crippen LogP contribution in [-0.4, -0.2) is 45.0 Å². The molecule has 0 atom stereocenters. The number of halogens is 1. The second-order valence-corrected chi connectivity index (χ2v) is 6.14. The van der Waals surface area contributed by atoms with Crippen LogP contribution in [0.4, 0.5) is 0 Å². The van der Waals surface area contributed by atoms with Crippen molar-refractivity contribution in [2.45, 2.75) is 45.8 Å². The molecule has 2 N–H and O–H groups in total. The molecule has 1 aliphatic rings. The summed E-state index contributed by atoms with van der Waals surface area (Å²) in [4.78, 5) is 4.64. The molecule has 0 unspecified atom stereocenters. The Hall–Kier alpha value is -0.860. The number of rotatable bonds is 8. The largest absolute Gasteiger partial charge is 0.381 e. The first-order valence-corrected chi connectivity index (χ1v) is 9.05. The van der Waals surface area contributed by atoms with Gasteiger partial charge in [-0.15, -0.1) is 24.0 Å². The molecule has 2 rings (SSSR count). The van der Waals surface area contributed by atoms with E-state index in [2.05, 4.69) is 53.7 Å². The number of aryl methyl sites for hydroxylation is 1. The second-order valence-electron chi connectivity index (χ2n) is 6.14. The molecule has 142 valence electrons. The summed E-state index contributed by atoms with van der Waals surface area (Å²) in [7, 11) is 0. The van der Waals surface area contributed by atoms with E-state index in [1.807, 2.05) is 0 Å². The highest BCUT2D eigenvalue weighted by Crippen LogP contribution is 2.10. The Balaban J connectivity index is 0.00000312. The van der Waals surface area contributed by atoms with E-state index < -0.39 is 0 Å². The lowest BCUT2D eigenvalue weighted by Crippen LogP contribution is -2.38. The fraction of sp³-hybridized carbons (Fsp3) is 0.632. The number of nitrogens with zero attached hydrogens (tertiary/aromatic N) is 1. The number of benzene rings is 1. The van der Waals surface area contributed by atoms with Crippen molar-refractivity contribution in [2.24, 2.45) is 4.99 Å². The third-order valence-corrected chi connectivity index (χ3v) is 4.02. The minimum Gasteiger partial charge on any atom is -0.381 e. The molecular weight excluding hydrogens is 429 g/mol. The van der Waals surface area contributed by atoms with Gasteiger partial charge in [-0.25, -0.2) is 4.99 Å². The van der Waals surface area contributed by atoms with E-state index in [4.69, 9.17) is 9.47 Å². The second kappa shape index (κ2) is 13.4. The van der Waals surface area contributed by atoms with Gasteiger partial charge < -0.3 is 20.1 Å². The molecule has 0 aromatic heterocycles. The maximum Gasteiger partial charge on any atom is 0.191 e. The van der Waals surface area contributed by atoms with E-state index in [-0.39, 0.29) is 24.0 Å². The summed E-state index contributed by atoms with van der Waals surface area (Å²) in [5.41, 5.74) is 2.50. The van der Waals surface area contributed by atoms with Crippen molar-refractivity contribution in [1.82, 2.24) is 10.6 Å². The molecule has 1 aromatic carbocycles. The fourth-order valence-corrected chi connectivity index (χ4v) is 2.58. The highest BCUT2D eigenvalue weighted by molar-refractivity contribution is 14.0. The van der Waals surface area contributed by atoms with Crippen molar-refractivity contribution in [1.29, 1.82) is 0 Å². The van der Waals surface area contributed by atoms with Crippen LogP contribution < -0.4 is 10.6 Å². The van der Waals surface area contributed by atoms with Crippen molar-refractivity contribution in [3.8, 4) is 0 Å². The van der Waals surface area contributed by atoms with Gasteiger partial charge in [0.2, 0.25) is 0 Å². The summed E-state index contributed by atoms with van der Waals surface area (Å²) in [6.07, 6.45) is 3.40. The molecule has 0 radical (unpaired) electrons. The van der Waals surface area contributed by atoms with Crippen molar-refractivity contribution in [3.05, 3.63) is 35.4 Å². The zero-order chi connectivity index (χ0) is 17.0. The molecule has 0 amide bonds. The normalized spacial score (nSPS) is 15.5. The first-order chi connectivity index (χ1) is 11.8. The molecule has 25 heavy (non-hydrogen) atoms. The molecule has 1 aliphatic heterocycles. The van der Waals surface area contributed by atoms with Crippen LogP contribution >= 0.6 is 24.0 Å². The highest BCUT2D eigenvalue weighted by atomic mass is 127. The van der Waals surface area contributed by atoms with Crippen LogP contribution in [-0.2, 0) is 16.0 Å². The van der Waals surface area contributed by atoms with Gasteiger partial charge in [0, 0.05) is 32.9 Å². The van der Waals surface area contributed by atoms with E-state index in [0.29, 0.717) is 12.6 Å². The lowest BCUT2D eigenvalue weighted by Gasteiger charge is -2.22. The van der Waals surface area contributed by atoms with E-state index in [0.717, 1.165) is 58.1 Å². The zero-order valence-electron chi connectivity index (χ0n) is 15.4. The topological polar surface area (TPSA) is 54.9 Å². The van der Waals surface area contributed by atoms with Crippen molar-refractivity contribution in [2.75, 3.05) is 32.9 Å². The Morgan fingerprint density at radius 2 is 1.92 bits per heavy atom. The average Bonchev–Trinajstić information content (AvgIpc) is 2.61. The number of aliphatic imine (C=N–C) groups is 1. The van der Waals surface area contributed by atoms with Gasteiger partial charge in [-0.05, 0) is 38.7 Å². The Labute approximate surface area is 169 Å². The predicted octanol–water partition coefficient (Wildman–Crippen LogP) is 3.25. The minimum absolute atomic E-state index is 0. The Bertz CT molecular complexity index is 488. The summed E-state index contributed by atoms with van der Waals surface area (Å²) in [5.74, 6) is 0.865. The van der Waals surface area contributed by atoms with Gasteiger partial charge in [0.15, 0.2) is 5.96 Å². The molecule has 0 spiro atoms. The molecule has 0 saturated carbocycles. The molecule has 0 aliphatic carbocycles. The van der Waals surface area contributed by atoms with Crippen molar-refractivity contribution in [3.63, 3.8) is 0 Å². The lowest BCUT2D eigenvalue weighted by atomic mass is 10.1. The highest BCUT2D eigenvalue weighted by Gasteiger charge is 2.13. The van der Waals surface area contributed by atoms with Crippen LogP contribution in [0.3, 0.4) is 0 Å². The van der Waals surface area contributed by atoms with Crippen LogP contribution in [0.15, 0.2) is 29.3 Å². The third-order valence-electron chi connectivity index (χ3n) is 4.02. The molecule has 1 saturated heterocycles. The molecular formula is C19H32IN3O2. The number of guanidine groups is 1. The maximum atomic E-state index is 5.88. The van der Waals surface area contributed by atoms with E-state index in [1.165, 1.54) is 11.1 Å². The SMILES string of the molecule is CCNC(=NCc1ccc(C)cc1)NCCCOC1CCOCC1.I. The van der Waals surface area contributed by atoms with E-state index in [9.17, 15) is 0 Å². The van der Waals surface area contributed by atoms with Crippen LogP contribution in [0.2, 0.25) is 0 Å². The van der Waals surface area contributed by atoms with Gasteiger partial charge in [-0.1, -0.05) is 29.8 Å². The third kappa shape index (κ3) is 9.42. The Morgan fingerprint density at radius 1 is 1.20 bits per heavy atom. The number of hydrogen-bond acceptors (Lipinski definition) is 3. The standard InChI is InChI=1S/C19H31N3O2.HI/c1-3-20-19(22-15-17-7-5-16(2)6-8-17)21-11-4-12-24-18-9-13-23-14-10-18;/h5-8,18H,3-4,9-15H2,1-2H3,(H2,20,21,22);1H. The fourth-order valence-electron chi connectivity index (χ4n) is 2.58. The molecule has 0 bridgehead atoms. The van der Waals surface area contributed by atoms with Crippen LogP contribution in [0, 0.1) is 6.92 Å². The first kappa shape index (κ1) is 22.2. The average molecular weight is 461 g/mol. The van der Waals surface area contributed by atoms with Gasteiger partial charge >= 0.3 is 0 Å². The summed E-state index contributed by atoms with van der Waals surface area (Å²) in [5, 5.41) is 6.66. The van der Waals surface area contributed by atoms with E-state index in [1.54, 1.807) is 0 Å². The number of nitrogens with one attached hydrogen (secondary N) is 2. The van der Waals surface area contributed by atoms with Crippen molar-refractivity contribution < 1.29 is 9.47 Å². The van der Waals surface area contributed by atoms with E-state index >= 15 is 0 Å². The first-order valence-electron chi connectivity index (χ1n) is 9.05. The summed E-state index contributed by atoms with van der Waals surface area (Å²) in [6.45, 7) is 9.04. The Kier molecular flexibility index (Phi) is 11.9. The van der Waals surface area contributed by atoms with Gasteiger partial charge in [0.05, 0.1) is 12.6 Å². The molecule has 1 heterocycles. The van der Waals surface area contributed by atoms with Crippen LogP contribution in [0.5, 0.6) is 0 Å². The summed E-state index contributed by atoms with van der Waals surface area (Å²) >= 11 is 0. The van der Waals surface area contributed by atoms with Gasteiger partial charge in [0.25, 0.3) is 0 Å². The van der Waals surface area contributed by atoms with Crippen LogP contribution in [0.25, 0.3) is 0 Å². The zero-order valence-corrected chi connectivity index (χ0v) is 17.8. The van der Waals surface area contributed by atoms with Gasteiger partial charge in [0.1, 0.15) is 0 Å². The van der Waals surface area contributed by atoms with Gasteiger partial charge in [-0.3, -0.25) is 0 Å².